The summed E-state index contributed by atoms with van der Waals surface area (Å²) in [6.45, 7) is 7.46. The first-order valence-electron chi connectivity index (χ1n) is 7.19. The maximum absolute atomic E-state index is 11.5. The number of carbonyl (C=O) groups excluding carboxylic acids is 1. The van der Waals surface area contributed by atoms with Gasteiger partial charge in [-0.1, -0.05) is 13.8 Å². The van der Waals surface area contributed by atoms with Crippen molar-refractivity contribution in [1.82, 2.24) is 0 Å². The highest BCUT2D eigenvalue weighted by molar-refractivity contribution is 5.94. The fourth-order valence-corrected chi connectivity index (χ4v) is 2.61. The zero-order valence-corrected chi connectivity index (χ0v) is 12.8. The summed E-state index contributed by atoms with van der Waals surface area (Å²) in [7, 11) is 1.73. The minimum absolute atomic E-state index is 0.115. The minimum Gasteiger partial charge on any atom is -0.383 e. The third-order valence-corrected chi connectivity index (χ3v) is 3.86. The van der Waals surface area contributed by atoms with Crippen LogP contribution in [0, 0.1) is 5.92 Å². The van der Waals surface area contributed by atoms with Crippen molar-refractivity contribution < 1.29 is 9.53 Å². The maximum Gasteiger partial charge on any atom is 0.223 e. The second kappa shape index (κ2) is 6.27. The predicted octanol–water partition coefficient (Wildman–Crippen LogP) is 2.68. The third kappa shape index (κ3) is 3.12. The number of anilines is 2. The molecule has 0 fully saturated rings. The van der Waals surface area contributed by atoms with Crippen molar-refractivity contribution in [1.29, 1.82) is 0 Å². The van der Waals surface area contributed by atoms with Crippen LogP contribution < -0.4 is 10.2 Å². The van der Waals surface area contributed by atoms with Crippen LogP contribution in [-0.4, -0.2) is 32.2 Å². The average molecular weight is 276 g/mol. The lowest BCUT2D eigenvalue weighted by Crippen LogP contribution is -2.30. The Morgan fingerprint density at radius 2 is 2.20 bits per heavy atom. The van der Waals surface area contributed by atoms with Gasteiger partial charge in [0.2, 0.25) is 5.91 Å². The lowest BCUT2D eigenvalue weighted by atomic mass is 10.0. The molecule has 2 rings (SSSR count). The molecule has 1 aliphatic rings. The molecule has 0 aliphatic carbocycles. The number of nitrogens with zero attached hydrogens (tertiary/aromatic N) is 1. The number of nitrogens with one attached hydrogen (secondary N) is 1. The Labute approximate surface area is 121 Å². The van der Waals surface area contributed by atoms with Gasteiger partial charge in [0, 0.05) is 32.0 Å². The lowest BCUT2D eigenvalue weighted by molar-refractivity contribution is -0.116. The van der Waals surface area contributed by atoms with Crippen LogP contribution in [0.2, 0.25) is 0 Å². The molecule has 1 aromatic carbocycles. The van der Waals surface area contributed by atoms with E-state index in [2.05, 4.69) is 25.2 Å². The van der Waals surface area contributed by atoms with E-state index in [4.69, 9.17) is 4.74 Å². The van der Waals surface area contributed by atoms with E-state index >= 15 is 0 Å². The van der Waals surface area contributed by atoms with Crippen LogP contribution in [0.15, 0.2) is 18.2 Å². The molecule has 0 saturated heterocycles. The fraction of sp³-hybridized carbons (Fsp3) is 0.562. The summed E-state index contributed by atoms with van der Waals surface area (Å²) in [5, 5.41) is 3.52. The Hall–Kier alpha value is -1.55. The number of rotatable bonds is 5. The maximum atomic E-state index is 11.5. The highest BCUT2D eigenvalue weighted by atomic mass is 16.5. The van der Waals surface area contributed by atoms with Crippen LogP contribution in [0.4, 0.5) is 11.4 Å². The van der Waals surface area contributed by atoms with Gasteiger partial charge in [-0.25, -0.2) is 0 Å². The molecule has 20 heavy (non-hydrogen) atoms. The van der Waals surface area contributed by atoms with E-state index in [0.717, 1.165) is 24.3 Å². The molecule has 4 nitrogen and oxygen atoms in total. The minimum atomic E-state index is 0.115. The Balaban J connectivity index is 2.14. The molecule has 4 heteroatoms. The van der Waals surface area contributed by atoms with E-state index in [9.17, 15) is 4.79 Å². The van der Waals surface area contributed by atoms with Crippen molar-refractivity contribution in [2.24, 2.45) is 5.92 Å². The van der Waals surface area contributed by atoms with Crippen LogP contribution >= 0.6 is 0 Å². The smallest absolute Gasteiger partial charge is 0.223 e. The highest BCUT2D eigenvalue weighted by Gasteiger charge is 2.22. The van der Waals surface area contributed by atoms with Gasteiger partial charge >= 0.3 is 0 Å². The van der Waals surface area contributed by atoms with Crippen molar-refractivity contribution in [3.8, 4) is 0 Å². The zero-order valence-electron chi connectivity index (χ0n) is 12.8. The Morgan fingerprint density at radius 1 is 1.45 bits per heavy atom. The summed E-state index contributed by atoms with van der Waals surface area (Å²) < 4.78 is 5.26. The van der Waals surface area contributed by atoms with Gasteiger partial charge in [0.05, 0.1) is 12.6 Å². The van der Waals surface area contributed by atoms with Gasteiger partial charge in [-0.3, -0.25) is 4.79 Å². The zero-order chi connectivity index (χ0) is 14.7. The molecule has 0 aromatic heterocycles. The van der Waals surface area contributed by atoms with Crippen molar-refractivity contribution >= 4 is 17.3 Å². The van der Waals surface area contributed by atoms with Crippen LogP contribution in [-0.2, 0) is 16.0 Å². The number of hydrogen-bond donors (Lipinski definition) is 1. The van der Waals surface area contributed by atoms with E-state index in [-0.39, 0.29) is 5.91 Å². The van der Waals surface area contributed by atoms with Crippen molar-refractivity contribution in [3.05, 3.63) is 23.8 Å². The van der Waals surface area contributed by atoms with Crippen molar-refractivity contribution in [2.45, 2.75) is 33.2 Å². The van der Waals surface area contributed by atoms with Crippen molar-refractivity contribution in [2.75, 3.05) is 30.5 Å². The van der Waals surface area contributed by atoms with Crippen LogP contribution in [0.5, 0.6) is 0 Å². The summed E-state index contributed by atoms with van der Waals surface area (Å²) in [6, 6.07) is 6.54. The Bertz CT molecular complexity index is 485. The largest absolute Gasteiger partial charge is 0.383 e. The molecule has 1 aliphatic heterocycles. The van der Waals surface area contributed by atoms with Gasteiger partial charge in [-0.05, 0) is 36.1 Å². The average Bonchev–Trinajstić information content (AvgIpc) is 2.81. The van der Waals surface area contributed by atoms with E-state index in [1.165, 1.54) is 5.56 Å². The lowest BCUT2D eigenvalue weighted by Gasteiger charge is -2.23. The topological polar surface area (TPSA) is 41.6 Å². The number of ether oxygens (including phenoxy) is 1. The van der Waals surface area contributed by atoms with Crippen LogP contribution in [0.1, 0.15) is 26.3 Å². The second-order valence-corrected chi connectivity index (χ2v) is 5.71. The molecule has 0 bridgehead atoms. The Morgan fingerprint density at radius 3 is 2.80 bits per heavy atom. The quantitative estimate of drug-likeness (QED) is 0.899. The molecule has 0 spiro atoms. The first-order valence-corrected chi connectivity index (χ1v) is 7.19. The number of methoxy groups -OCH3 is 1. The van der Waals surface area contributed by atoms with E-state index in [1.807, 2.05) is 17.0 Å². The molecule has 110 valence electrons. The van der Waals surface area contributed by atoms with E-state index in [1.54, 1.807) is 14.0 Å². The monoisotopic (exact) mass is 276 g/mol. The second-order valence-electron chi connectivity index (χ2n) is 5.71. The van der Waals surface area contributed by atoms with Crippen LogP contribution in [0.3, 0.4) is 0 Å². The third-order valence-electron chi connectivity index (χ3n) is 3.86. The Kier molecular flexibility index (Phi) is 4.65. The van der Waals surface area contributed by atoms with Gasteiger partial charge in [0.15, 0.2) is 0 Å². The molecule has 1 unspecified atom stereocenters. The molecule has 1 heterocycles. The van der Waals surface area contributed by atoms with Gasteiger partial charge in [-0.15, -0.1) is 0 Å². The summed E-state index contributed by atoms with van der Waals surface area (Å²) in [4.78, 5) is 13.4. The van der Waals surface area contributed by atoms with Gasteiger partial charge in [0.25, 0.3) is 0 Å². The summed E-state index contributed by atoms with van der Waals surface area (Å²) in [5.74, 6) is 0.612. The summed E-state index contributed by atoms with van der Waals surface area (Å²) in [5.41, 5.74) is 3.39. The van der Waals surface area contributed by atoms with E-state index in [0.29, 0.717) is 18.6 Å². The number of hydrogen-bond acceptors (Lipinski definition) is 3. The number of amides is 1. The number of fused-ring (bicyclic) bond motifs is 1. The predicted molar refractivity (Wildman–Crippen MR) is 82.3 cm³/mol. The number of benzene rings is 1. The molecule has 1 atom stereocenters. The normalized spacial score (nSPS) is 15.3. The van der Waals surface area contributed by atoms with Gasteiger partial charge < -0.3 is 15.0 Å². The highest BCUT2D eigenvalue weighted by Crippen LogP contribution is 2.30. The molecule has 1 aromatic rings. The number of carbonyl (C=O) groups is 1. The molecule has 0 radical (unpaired) electrons. The molecule has 1 amide bonds. The summed E-state index contributed by atoms with van der Waals surface area (Å²) >= 11 is 0. The van der Waals surface area contributed by atoms with Crippen LogP contribution in [0.25, 0.3) is 0 Å². The first kappa shape index (κ1) is 14.9. The SMILES string of the molecule is COCC(Nc1ccc2c(c1)CCN2C(C)=O)C(C)C. The molecular weight excluding hydrogens is 252 g/mol. The van der Waals surface area contributed by atoms with E-state index < -0.39 is 0 Å². The molecular formula is C16H24N2O2. The fourth-order valence-electron chi connectivity index (χ4n) is 2.61. The van der Waals surface area contributed by atoms with Gasteiger partial charge in [-0.2, -0.15) is 0 Å². The standard InChI is InChI=1S/C16H24N2O2/c1-11(2)15(10-20-4)17-14-5-6-16-13(9-14)7-8-18(16)12(3)19/h5-6,9,11,15,17H,7-8,10H2,1-4H3. The first-order chi connectivity index (χ1) is 9.52. The molecule has 1 N–H and O–H groups in total. The molecule has 0 saturated carbocycles. The summed E-state index contributed by atoms with van der Waals surface area (Å²) in [6.07, 6.45) is 0.932. The van der Waals surface area contributed by atoms with Crippen molar-refractivity contribution in [3.63, 3.8) is 0 Å². The van der Waals surface area contributed by atoms with Gasteiger partial charge in [0.1, 0.15) is 0 Å².